The zero-order valence-corrected chi connectivity index (χ0v) is 12.4. The predicted octanol–water partition coefficient (Wildman–Crippen LogP) is 2.66. The normalized spacial score (nSPS) is 17.2. The molecule has 0 saturated carbocycles. The number of nitrogens with zero attached hydrogens (tertiary/aromatic N) is 2. The first-order chi connectivity index (χ1) is 11.2. The quantitative estimate of drug-likeness (QED) is 0.885. The Morgan fingerprint density at radius 1 is 1.39 bits per heavy atom. The van der Waals surface area contributed by atoms with Gasteiger partial charge in [-0.05, 0) is 37.1 Å². The Morgan fingerprint density at radius 3 is 3.13 bits per heavy atom. The average Bonchev–Trinajstić information content (AvgIpc) is 2.76. The summed E-state index contributed by atoms with van der Waals surface area (Å²) in [6, 6.07) is 4.10. The summed E-state index contributed by atoms with van der Waals surface area (Å²) < 4.78 is 19.1. The minimum absolute atomic E-state index is 0.266. The van der Waals surface area contributed by atoms with Crippen molar-refractivity contribution in [2.75, 3.05) is 6.61 Å². The molecule has 118 valence electrons. The topological polar surface area (TPSA) is 64.1 Å². The predicted molar refractivity (Wildman–Crippen MR) is 83.1 cm³/mol. The van der Waals surface area contributed by atoms with E-state index in [4.69, 9.17) is 4.74 Å². The molecule has 0 fully saturated rings. The van der Waals surface area contributed by atoms with Crippen LogP contribution in [0, 0.1) is 5.82 Å². The summed E-state index contributed by atoms with van der Waals surface area (Å²) in [4.78, 5) is 20.1. The van der Waals surface area contributed by atoms with Gasteiger partial charge in [0.25, 0.3) is 0 Å². The first-order valence-corrected chi connectivity index (χ1v) is 7.39. The Hall–Kier alpha value is -2.76. The van der Waals surface area contributed by atoms with Crippen molar-refractivity contribution < 1.29 is 13.9 Å². The zero-order chi connectivity index (χ0) is 16.1. The third-order valence-corrected chi connectivity index (χ3v) is 3.55. The summed E-state index contributed by atoms with van der Waals surface area (Å²) >= 11 is 0. The van der Waals surface area contributed by atoms with E-state index in [-0.39, 0.29) is 17.8 Å². The molecule has 2 heterocycles. The number of rotatable bonds is 3. The molecule has 0 saturated heterocycles. The number of carbonyl (C=O) groups is 1. The second-order valence-corrected chi connectivity index (χ2v) is 5.20. The van der Waals surface area contributed by atoms with E-state index in [9.17, 15) is 9.18 Å². The van der Waals surface area contributed by atoms with E-state index in [1.807, 2.05) is 0 Å². The van der Waals surface area contributed by atoms with Gasteiger partial charge < -0.3 is 10.1 Å². The second-order valence-electron chi connectivity index (χ2n) is 5.20. The lowest BCUT2D eigenvalue weighted by molar-refractivity contribution is -0.117. The molecule has 1 unspecified atom stereocenters. The summed E-state index contributed by atoms with van der Waals surface area (Å²) in [5.74, 6) is 0.00784. The molecule has 0 radical (unpaired) electrons. The fourth-order valence-electron chi connectivity index (χ4n) is 2.48. The Labute approximate surface area is 133 Å². The maximum Gasteiger partial charge on any atom is 0.244 e. The molecule has 5 nitrogen and oxygen atoms in total. The third-order valence-electron chi connectivity index (χ3n) is 3.55. The van der Waals surface area contributed by atoms with Crippen LogP contribution in [0.4, 0.5) is 4.39 Å². The van der Waals surface area contributed by atoms with Gasteiger partial charge >= 0.3 is 0 Å². The van der Waals surface area contributed by atoms with Crippen molar-refractivity contribution in [3.63, 3.8) is 0 Å². The van der Waals surface area contributed by atoms with E-state index in [1.54, 1.807) is 30.7 Å². The lowest BCUT2D eigenvalue weighted by atomic mass is 10.0. The van der Waals surface area contributed by atoms with Crippen molar-refractivity contribution in [2.24, 2.45) is 0 Å². The van der Waals surface area contributed by atoms with E-state index in [0.29, 0.717) is 30.0 Å². The van der Waals surface area contributed by atoms with Gasteiger partial charge in [-0.25, -0.2) is 4.39 Å². The van der Waals surface area contributed by atoms with E-state index in [0.717, 1.165) is 6.42 Å². The summed E-state index contributed by atoms with van der Waals surface area (Å²) in [5, 5.41) is 2.89. The van der Waals surface area contributed by atoms with Crippen molar-refractivity contribution in [3.8, 4) is 5.75 Å². The third kappa shape index (κ3) is 3.91. The van der Waals surface area contributed by atoms with Gasteiger partial charge in [0.05, 0.1) is 24.5 Å². The Bertz CT molecular complexity index is 719. The van der Waals surface area contributed by atoms with Crippen LogP contribution in [0.25, 0.3) is 6.08 Å². The Balaban J connectivity index is 1.73. The number of halogens is 1. The van der Waals surface area contributed by atoms with Gasteiger partial charge in [0.2, 0.25) is 5.91 Å². The van der Waals surface area contributed by atoms with Crippen LogP contribution in [0.2, 0.25) is 0 Å². The molecule has 23 heavy (non-hydrogen) atoms. The summed E-state index contributed by atoms with van der Waals surface area (Å²) in [7, 11) is 0. The molecule has 1 N–H and O–H groups in total. The van der Waals surface area contributed by atoms with Crippen LogP contribution in [-0.2, 0) is 4.79 Å². The highest BCUT2D eigenvalue weighted by Gasteiger charge is 2.21. The van der Waals surface area contributed by atoms with E-state index >= 15 is 0 Å². The van der Waals surface area contributed by atoms with Crippen LogP contribution in [0.1, 0.15) is 30.1 Å². The smallest absolute Gasteiger partial charge is 0.244 e. The summed E-state index contributed by atoms with van der Waals surface area (Å²) in [6.07, 6.45) is 9.15. The zero-order valence-electron chi connectivity index (χ0n) is 12.4. The first-order valence-electron chi connectivity index (χ1n) is 7.39. The molecule has 6 heteroatoms. The minimum Gasteiger partial charge on any atom is -0.493 e. The number of hydrogen-bond donors (Lipinski definition) is 1. The lowest BCUT2D eigenvalue weighted by Gasteiger charge is -2.17. The lowest BCUT2D eigenvalue weighted by Crippen LogP contribution is -2.26. The summed E-state index contributed by atoms with van der Waals surface area (Å²) in [6.45, 7) is 0.556. The first kappa shape index (κ1) is 15.1. The van der Waals surface area contributed by atoms with Crippen LogP contribution >= 0.6 is 0 Å². The number of carbonyl (C=O) groups excluding carboxylic acids is 1. The molecular weight excluding hydrogens is 297 g/mol. The molecule has 1 aliphatic rings. The maximum absolute atomic E-state index is 13.5. The molecule has 1 aromatic carbocycles. The van der Waals surface area contributed by atoms with Crippen LogP contribution in [-0.4, -0.2) is 22.5 Å². The minimum atomic E-state index is -0.344. The van der Waals surface area contributed by atoms with Crippen molar-refractivity contribution >= 4 is 12.0 Å². The van der Waals surface area contributed by atoms with Crippen molar-refractivity contribution in [3.05, 3.63) is 59.9 Å². The van der Waals surface area contributed by atoms with Gasteiger partial charge in [0.15, 0.2) is 0 Å². The molecule has 1 aliphatic heterocycles. The molecule has 0 bridgehead atoms. The van der Waals surface area contributed by atoms with E-state index in [1.165, 1.54) is 18.2 Å². The number of benzene rings is 1. The molecule has 0 aliphatic carbocycles. The fourth-order valence-corrected chi connectivity index (χ4v) is 2.48. The molecule has 1 atom stereocenters. The number of amides is 1. The van der Waals surface area contributed by atoms with Crippen molar-refractivity contribution in [1.29, 1.82) is 0 Å². The van der Waals surface area contributed by atoms with Gasteiger partial charge in [0, 0.05) is 24.0 Å². The average molecular weight is 313 g/mol. The van der Waals surface area contributed by atoms with Crippen LogP contribution < -0.4 is 10.1 Å². The van der Waals surface area contributed by atoms with Gasteiger partial charge in [-0.2, -0.15) is 0 Å². The van der Waals surface area contributed by atoms with Crippen LogP contribution in [0.3, 0.4) is 0 Å². The van der Waals surface area contributed by atoms with Crippen molar-refractivity contribution in [1.82, 2.24) is 15.3 Å². The van der Waals surface area contributed by atoms with Gasteiger partial charge in [-0.15, -0.1) is 0 Å². The van der Waals surface area contributed by atoms with Gasteiger partial charge in [-0.3, -0.25) is 14.8 Å². The number of fused-ring (bicyclic) bond motifs is 1. The summed E-state index contributed by atoms with van der Waals surface area (Å²) in [5.41, 5.74) is 1.27. The van der Waals surface area contributed by atoms with E-state index in [2.05, 4.69) is 15.3 Å². The van der Waals surface area contributed by atoms with Crippen LogP contribution in [0.15, 0.2) is 42.9 Å². The van der Waals surface area contributed by atoms with E-state index < -0.39 is 0 Å². The number of aromatic nitrogens is 2. The van der Waals surface area contributed by atoms with Crippen molar-refractivity contribution in [2.45, 2.75) is 18.9 Å². The molecule has 1 aromatic heterocycles. The van der Waals surface area contributed by atoms with Gasteiger partial charge in [-0.1, -0.05) is 0 Å². The largest absolute Gasteiger partial charge is 0.493 e. The molecular formula is C17H16FN3O2. The van der Waals surface area contributed by atoms with Crippen LogP contribution in [0.5, 0.6) is 5.75 Å². The molecule has 2 aromatic rings. The fraction of sp³-hybridized carbons (Fsp3) is 0.235. The second kappa shape index (κ2) is 7.00. The number of hydrogen-bond acceptors (Lipinski definition) is 4. The Kier molecular flexibility index (Phi) is 4.61. The molecule has 3 rings (SSSR count). The Morgan fingerprint density at radius 2 is 2.30 bits per heavy atom. The highest BCUT2D eigenvalue weighted by atomic mass is 19.1. The SMILES string of the molecule is O=C(C=Cc1cnccn1)NC1CCCOc2ccc(F)cc21. The highest BCUT2D eigenvalue weighted by molar-refractivity contribution is 5.91. The maximum atomic E-state index is 13.5. The molecule has 0 spiro atoms. The standard InChI is InChI=1S/C17H16FN3O2/c18-12-3-5-16-14(10-12)15(2-1-9-23-16)21-17(22)6-4-13-11-19-7-8-20-13/h3-8,10-11,15H,1-2,9H2,(H,21,22). The molecule has 1 amide bonds. The highest BCUT2D eigenvalue weighted by Crippen LogP contribution is 2.32. The van der Waals surface area contributed by atoms with Gasteiger partial charge in [0.1, 0.15) is 11.6 Å². The number of ether oxygens (including phenoxy) is 1. The monoisotopic (exact) mass is 313 g/mol. The number of nitrogens with one attached hydrogen (secondary N) is 1.